The molecule has 1 aromatic heterocycles. The molecule has 6 heteroatoms. The van der Waals surface area contributed by atoms with Crippen molar-refractivity contribution in [1.82, 2.24) is 9.97 Å². The molecule has 1 saturated heterocycles. The summed E-state index contributed by atoms with van der Waals surface area (Å²) in [7, 11) is 1.65. The second kappa shape index (κ2) is 6.37. The molecular weight excluding hydrogens is 292 g/mol. The van der Waals surface area contributed by atoms with Crippen molar-refractivity contribution >= 4 is 23.5 Å². The van der Waals surface area contributed by atoms with E-state index in [1.807, 2.05) is 35.7 Å². The molecule has 0 N–H and O–H groups in total. The molecule has 0 bridgehead atoms. The lowest BCUT2D eigenvalue weighted by Crippen LogP contribution is -1.95. The Morgan fingerprint density at radius 1 is 1.10 bits per heavy atom. The minimum atomic E-state index is 0.322. The Labute approximate surface area is 126 Å². The highest BCUT2D eigenvalue weighted by Crippen LogP contribution is 2.47. The summed E-state index contributed by atoms with van der Waals surface area (Å²) in [5.41, 5.74) is 1.26. The van der Waals surface area contributed by atoms with Gasteiger partial charge in [-0.05, 0) is 23.8 Å². The van der Waals surface area contributed by atoms with Gasteiger partial charge in [-0.2, -0.15) is 0 Å². The minimum Gasteiger partial charge on any atom is -0.493 e. The maximum Gasteiger partial charge on any atom is 0.321 e. The molecule has 3 rings (SSSR count). The van der Waals surface area contributed by atoms with Gasteiger partial charge in [0.15, 0.2) is 11.5 Å². The molecule has 20 heavy (non-hydrogen) atoms. The van der Waals surface area contributed by atoms with Crippen LogP contribution in [0.25, 0.3) is 0 Å². The molecule has 1 fully saturated rings. The van der Waals surface area contributed by atoms with Gasteiger partial charge in [-0.25, -0.2) is 9.97 Å². The molecule has 1 aliphatic heterocycles. The van der Waals surface area contributed by atoms with Crippen molar-refractivity contribution in [2.24, 2.45) is 0 Å². The molecule has 0 atom stereocenters. The number of rotatable bonds is 4. The summed E-state index contributed by atoms with van der Waals surface area (Å²) in [6.07, 6.45) is 3.30. The first-order valence-electron chi connectivity index (χ1n) is 6.23. The lowest BCUT2D eigenvalue weighted by molar-refractivity contribution is 0.367. The molecular formula is C14H14N2O2S2. The van der Waals surface area contributed by atoms with E-state index in [2.05, 4.69) is 16.0 Å². The van der Waals surface area contributed by atoms with E-state index in [-0.39, 0.29) is 0 Å². The van der Waals surface area contributed by atoms with Crippen molar-refractivity contribution in [3.8, 4) is 17.5 Å². The predicted molar refractivity (Wildman–Crippen MR) is 82.8 cm³/mol. The van der Waals surface area contributed by atoms with Gasteiger partial charge in [-0.15, -0.1) is 23.5 Å². The number of benzene rings is 1. The molecule has 0 radical (unpaired) electrons. The van der Waals surface area contributed by atoms with Crippen molar-refractivity contribution in [3.63, 3.8) is 0 Å². The highest BCUT2D eigenvalue weighted by molar-refractivity contribution is 8.19. The Hall–Kier alpha value is -1.40. The molecule has 104 valence electrons. The number of hydrogen-bond donors (Lipinski definition) is 0. The molecule has 0 spiro atoms. The average Bonchev–Trinajstić information content (AvgIpc) is 3.03. The van der Waals surface area contributed by atoms with Crippen LogP contribution in [0.15, 0.2) is 36.7 Å². The summed E-state index contributed by atoms with van der Waals surface area (Å²) in [5, 5.41) is 0. The largest absolute Gasteiger partial charge is 0.493 e. The van der Waals surface area contributed by atoms with Crippen molar-refractivity contribution in [2.45, 2.75) is 4.58 Å². The number of thioether (sulfide) groups is 2. The third-order valence-corrected chi connectivity index (χ3v) is 5.93. The molecule has 4 nitrogen and oxygen atoms in total. The molecule has 1 aliphatic rings. The summed E-state index contributed by atoms with van der Waals surface area (Å²) in [6.45, 7) is 0. The van der Waals surface area contributed by atoms with E-state index >= 15 is 0 Å². The van der Waals surface area contributed by atoms with Crippen molar-refractivity contribution in [1.29, 1.82) is 0 Å². The molecule has 2 aromatic rings. The Morgan fingerprint density at radius 3 is 2.55 bits per heavy atom. The lowest BCUT2D eigenvalue weighted by atomic mass is 10.2. The summed E-state index contributed by atoms with van der Waals surface area (Å²) in [5.74, 6) is 3.75. The molecule has 1 aromatic carbocycles. The average molecular weight is 306 g/mol. The van der Waals surface area contributed by atoms with Crippen LogP contribution in [0.1, 0.15) is 10.1 Å². The van der Waals surface area contributed by atoms with Crippen LogP contribution in [0.5, 0.6) is 17.5 Å². The van der Waals surface area contributed by atoms with Crippen LogP contribution in [-0.2, 0) is 0 Å². The number of aromatic nitrogens is 2. The first kappa shape index (κ1) is 13.6. The smallest absolute Gasteiger partial charge is 0.321 e. The summed E-state index contributed by atoms with van der Waals surface area (Å²) >= 11 is 3.93. The van der Waals surface area contributed by atoms with E-state index in [1.54, 1.807) is 25.6 Å². The third-order valence-electron chi connectivity index (χ3n) is 2.82. The fraction of sp³-hybridized carbons (Fsp3) is 0.286. The van der Waals surface area contributed by atoms with Gasteiger partial charge in [0, 0.05) is 23.9 Å². The van der Waals surface area contributed by atoms with Crippen molar-refractivity contribution < 1.29 is 9.47 Å². The first-order chi connectivity index (χ1) is 9.86. The van der Waals surface area contributed by atoms with Crippen LogP contribution in [0.3, 0.4) is 0 Å². The predicted octanol–water partition coefficient (Wildman–Crippen LogP) is 3.76. The molecule has 0 aliphatic carbocycles. The van der Waals surface area contributed by atoms with Crippen LogP contribution in [0.2, 0.25) is 0 Å². The fourth-order valence-corrected chi connectivity index (χ4v) is 4.74. The third kappa shape index (κ3) is 3.02. The monoisotopic (exact) mass is 306 g/mol. The van der Waals surface area contributed by atoms with Crippen molar-refractivity contribution in [2.75, 3.05) is 18.6 Å². The van der Waals surface area contributed by atoms with Gasteiger partial charge in [-0.1, -0.05) is 6.07 Å². The van der Waals surface area contributed by atoms with Crippen LogP contribution in [0.4, 0.5) is 0 Å². The molecule has 2 heterocycles. The zero-order valence-corrected chi connectivity index (χ0v) is 12.6. The topological polar surface area (TPSA) is 44.2 Å². The lowest BCUT2D eigenvalue weighted by Gasteiger charge is -2.13. The van der Waals surface area contributed by atoms with Gasteiger partial charge in [0.05, 0.1) is 11.7 Å². The van der Waals surface area contributed by atoms with E-state index in [1.165, 1.54) is 17.1 Å². The minimum absolute atomic E-state index is 0.322. The highest BCUT2D eigenvalue weighted by atomic mass is 32.2. The summed E-state index contributed by atoms with van der Waals surface area (Å²) < 4.78 is 11.6. The summed E-state index contributed by atoms with van der Waals surface area (Å²) in [4.78, 5) is 8.10. The van der Waals surface area contributed by atoms with Gasteiger partial charge in [-0.3, -0.25) is 0 Å². The zero-order valence-electron chi connectivity index (χ0n) is 11.0. The van der Waals surface area contributed by atoms with Crippen LogP contribution >= 0.6 is 23.5 Å². The highest BCUT2D eigenvalue weighted by Gasteiger charge is 2.20. The number of methoxy groups -OCH3 is 1. The van der Waals surface area contributed by atoms with Crippen molar-refractivity contribution in [3.05, 3.63) is 42.2 Å². The molecule has 0 saturated carbocycles. The Morgan fingerprint density at radius 2 is 1.85 bits per heavy atom. The van der Waals surface area contributed by atoms with E-state index in [9.17, 15) is 0 Å². The maximum atomic E-state index is 5.66. The summed E-state index contributed by atoms with van der Waals surface area (Å²) in [6, 6.07) is 8.11. The molecule has 0 amide bonds. The van der Waals surface area contributed by atoms with Gasteiger partial charge < -0.3 is 9.47 Å². The fourth-order valence-electron chi connectivity index (χ4n) is 1.90. The van der Waals surface area contributed by atoms with E-state index in [4.69, 9.17) is 9.47 Å². The van der Waals surface area contributed by atoms with Gasteiger partial charge in [0.25, 0.3) is 0 Å². The van der Waals surface area contributed by atoms with E-state index in [0.717, 1.165) is 0 Å². The number of nitrogens with zero attached hydrogens (tertiary/aromatic N) is 2. The standard InChI is InChI=1S/C14H14N2O2S2/c1-17-12-9-10(13-19-7-8-20-13)3-4-11(12)18-14-15-5-2-6-16-14/h2-6,9,13H,7-8H2,1H3. The second-order valence-corrected chi connectivity index (χ2v) is 6.84. The number of hydrogen-bond acceptors (Lipinski definition) is 6. The van der Waals surface area contributed by atoms with Gasteiger partial charge >= 0.3 is 6.01 Å². The Bertz CT molecular complexity index is 575. The zero-order chi connectivity index (χ0) is 13.8. The van der Waals surface area contributed by atoms with Crippen LogP contribution in [-0.4, -0.2) is 28.6 Å². The normalized spacial score (nSPS) is 15.2. The molecule has 0 unspecified atom stereocenters. The first-order valence-corrected chi connectivity index (χ1v) is 8.32. The Kier molecular flexibility index (Phi) is 4.32. The Balaban J connectivity index is 1.84. The maximum absolute atomic E-state index is 5.66. The van der Waals surface area contributed by atoms with Crippen LogP contribution in [0, 0.1) is 0 Å². The van der Waals surface area contributed by atoms with Gasteiger partial charge in [0.2, 0.25) is 0 Å². The van der Waals surface area contributed by atoms with E-state index in [0.29, 0.717) is 22.1 Å². The number of ether oxygens (including phenoxy) is 2. The SMILES string of the molecule is COc1cc(C2SCCS2)ccc1Oc1ncccn1. The van der Waals surface area contributed by atoms with E-state index < -0.39 is 0 Å². The van der Waals surface area contributed by atoms with Gasteiger partial charge in [0.1, 0.15) is 0 Å². The van der Waals surface area contributed by atoms with Crippen LogP contribution < -0.4 is 9.47 Å². The quantitative estimate of drug-likeness (QED) is 0.857. The second-order valence-electron chi connectivity index (χ2n) is 4.12.